The average molecular weight is 243 g/mol. The van der Waals surface area contributed by atoms with Crippen molar-refractivity contribution in [2.24, 2.45) is 7.05 Å². The lowest BCUT2D eigenvalue weighted by atomic mass is 10.2. The van der Waals surface area contributed by atoms with E-state index in [0.29, 0.717) is 0 Å². The summed E-state index contributed by atoms with van der Waals surface area (Å²) in [6.07, 6.45) is 1.14. The quantitative estimate of drug-likeness (QED) is 0.560. The third-order valence-electron chi connectivity index (χ3n) is 2.35. The molecule has 16 heavy (non-hydrogen) atoms. The Morgan fingerprint density at radius 1 is 1.50 bits per heavy atom. The van der Waals surface area contributed by atoms with Gasteiger partial charge in [-0.25, -0.2) is 0 Å². The largest absolute Gasteiger partial charge is 0.396 e. The first kappa shape index (κ1) is 13.5. The van der Waals surface area contributed by atoms with Crippen LogP contribution >= 0.6 is 11.8 Å². The summed E-state index contributed by atoms with van der Waals surface area (Å²) < 4.78 is 1.90. The molecule has 0 atom stereocenters. The molecular formula is C11H21N3OS. The third kappa shape index (κ3) is 3.50. The van der Waals surface area contributed by atoms with Crippen LogP contribution in [0.25, 0.3) is 0 Å². The number of aryl methyl sites for hydroxylation is 2. The molecule has 0 aliphatic heterocycles. The second kappa shape index (κ2) is 6.93. The van der Waals surface area contributed by atoms with Gasteiger partial charge in [0.1, 0.15) is 0 Å². The van der Waals surface area contributed by atoms with Crippen molar-refractivity contribution in [2.75, 3.05) is 18.9 Å². The Morgan fingerprint density at radius 3 is 2.88 bits per heavy atom. The van der Waals surface area contributed by atoms with E-state index < -0.39 is 0 Å². The van der Waals surface area contributed by atoms with Crippen molar-refractivity contribution in [3.05, 3.63) is 11.3 Å². The van der Waals surface area contributed by atoms with Crippen molar-refractivity contribution in [1.82, 2.24) is 15.1 Å². The van der Waals surface area contributed by atoms with Crippen LogP contribution in [0, 0.1) is 6.92 Å². The van der Waals surface area contributed by atoms with Gasteiger partial charge >= 0.3 is 0 Å². The summed E-state index contributed by atoms with van der Waals surface area (Å²) in [5, 5.41) is 17.8. The molecule has 4 nitrogen and oxygen atoms in total. The van der Waals surface area contributed by atoms with E-state index >= 15 is 0 Å². The maximum Gasteiger partial charge on any atom is 0.0985 e. The second-order valence-electron chi connectivity index (χ2n) is 3.74. The van der Waals surface area contributed by atoms with Crippen molar-refractivity contribution in [1.29, 1.82) is 0 Å². The van der Waals surface area contributed by atoms with E-state index in [1.54, 1.807) is 11.8 Å². The van der Waals surface area contributed by atoms with Crippen LogP contribution in [0.1, 0.15) is 24.6 Å². The molecule has 0 saturated heterocycles. The summed E-state index contributed by atoms with van der Waals surface area (Å²) in [6, 6.07) is 0. The smallest absolute Gasteiger partial charge is 0.0985 e. The van der Waals surface area contributed by atoms with E-state index in [4.69, 9.17) is 5.11 Å². The first-order valence-electron chi connectivity index (χ1n) is 5.67. The Labute approximate surface area is 101 Å². The zero-order valence-electron chi connectivity index (χ0n) is 10.3. The predicted octanol–water partition coefficient (Wildman–Crippen LogP) is 1.31. The predicted molar refractivity (Wildman–Crippen MR) is 67.8 cm³/mol. The van der Waals surface area contributed by atoms with Gasteiger partial charge in [-0.05, 0) is 19.9 Å². The molecule has 1 heterocycles. The lowest BCUT2D eigenvalue weighted by Gasteiger charge is -2.06. The fourth-order valence-corrected chi connectivity index (χ4v) is 2.50. The molecule has 0 aliphatic rings. The lowest BCUT2D eigenvalue weighted by Crippen LogP contribution is -2.14. The average Bonchev–Trinajstić information content (AvgIpc) is 2.52. The minimum atomic E-state index is 0.205. The molecule has 0 aromatic carbocycles. The summed E-state index contributed by atoms with van der Waals surface area (Å²) in [6.45, 7) is 6.28. The van der Waals surface area contributed by atoms with Gasteiger partial charge in [0, 0.05) is 24.9 Å². The van der Waals surface area contributed by atoms with Crippen LogP contribution in [0.15, 0.2) is 5.03 Å². The minimum absolute atomic E-state index is 0.205. The second-order valence-corrected chi connectivity index (χ2v) is 4.83. The zero-order valence-corrected chi connectivity index (χ0v) is 11.1. The maximum absolute atomic E-state index is 8.86. The number of hydrogen-bond acceptors (Lipinski definition) is 4. The van der Waals surface area contributed by atoms with Gasteiger partial charge in [0.05, 0.1) is 17.3 Å². The highest BCUT2D eigenvalue weighted by Gasteiger charge is 2.12. The van der Waals surface area contributed by atoms with Gasteiger partial charge in [-0.3, -0.25) is 4.68 Å². The van der Waals surface area contributed by atoms with Gasteiger partial charge in [0.2, 0.25) is 0 Å². The molecule has 0 saturated carbocycles. The van der Waals surface area contributed by atoms with E-state index in [-0.39, 0.29) is 6.61 Å². The van der Waals surface area contributed by atoms with Gasteiger partial charge in [0.15, 0.2) is 0 Å². The number of nitrogens with zero attached hydrogens (tertiary/aromatic N) is 2. The van der Waals surface area contributed by atoms with Crippen molar-refractivity contribution in [3.63, 3.8) is 0 Å². The third-order valence-corrected chi connectivity index (χ3v) is 3.52. The number of thioether (sulfide) groups is 1. The molecular weight excluding hydrogens is 222 g/mol. The summed E-state index contributed by atoms with van der Waals surface area (Å²) >= 11 is 1.66. The first-order valence-corrected chi connectivity index (χ1v) is 6.66. The van der Waals surface area contributed by atoms with Crippen molar-refractivity contribution in [3.8, 4) is 0 Å². The van der Waals surface area contributed by atoms with Gasteiger partial charge in [-0.15, -0.1) is 11.8 Å². The SMILES string of the molecule is CCCNCc1c(C)nn(C)c1SCCO. The maximum atomic E-state index is 8.86. The first-order chi connectivity index (χ1) is 7.70. The zero-order chi connectivity index (χ0) is 12.0. The van der Waals surface area contributed by atoms with Crippen LogP contribution in [0.5, 0.6) is 0 Å². The number of aliphatic hydroxyl groups excluding tert-OH is 1. The van der Waals surface area contributed by atoms with E-state index in [1.165, 1.54) is 5.56 Å². The van der Waals surface area contributed by atoms with Gasteiger partial charge in [-0.2, -0.15) is 5.10 Å². The molecule has 0 bridgehead atoms. The molecule has 0 radical (unpaired) electrons. The summed E-state index contributed by atoms with van der Waals surface area (Å²) in [7, 11) is 1.95. The topological polar surface area (TPSA) is 50.1 Å². The molecule has 1 aromatic heterocycles. The lowest BCUT2D eigenvalue weighted by molar-refractivity contribution is 0.322. The number of rotatable bonds is 7. The molecule has 0 amide bonds. The molecule has 1 aromatic rings. The fraction of sp³-hybridized carbons (Fsp3) is 0.727. The fourth-order valence-electron chi connectivity index (χ4n) is 1.60. The Balaban J connectivity index is 2.71. The van der Waals surface area contributed by atoms with Crippen molar-refractivity contribution < 1.29 is 5.11 Å². The van der Waals surface area contributed by atoms with Gasteiger partial charge in [-0.1, -0.05) is 6.92 Å². The van der Waals surface area contributed by atoms with Crippen LogP contribution in [0.2, 0.25) is 0 Å². The highest BCUT2D eigenvalue weighted by Crippen LogP contribution is 2.24. The van der Waals surface area contributed by atoms with Gasteiger partial charge in [0.25, 0.3) is 0 Å². The van der Waals surface area contributed by atoms with Gasteiger partial charge < -0.3 is 10.4 Å². The minimum Gasteiger partial charge on any atom is -0.396 e. The van der Waals surface area contributed by atoms with E-state index in [2.05, 4.69) is 17.3 Å². The standard InChI is InChI=1S/C11H21N3OS/c1-4-5-12-8-10-9(2)13-14(3)11(10)16-7-6-15/h12,15H,4-8H2,1-3H3. The molecule has 0 unspecified atom stereocenters. The molecule has 0 aliphatic carbocycles. The van der Waals surface area contributed by atoms with Crippen LogP contribution in [0.3, 0.4) is 0 Å². The Kier molecular flexibility index (Phi) is 5.87. The molecule has 1 rings (SSSR count). The Bertz CT molecular complexity index is 325. The normalized spacial score (nSPS) is 11.0. The van der Waals surface area contributed by atoms with E-state index in [9.17, 15) is 0 Å². The molecule has 2 N–H and O–H groups in total. The Morgan fingerprint density at radius 2 is 2.25 bits per heavy atom. The molecule has 0 spiro atoms. The van der Waals surface area contributed by atoms with Crippen molar-refractivity contribution in [2.45, 2.75) is 31.8 Å². The summed E-state index contributed by atoms with van der Waals surface area (Å²) in [5.74, 6) is 0.722. The van der Waals surface area contributed by atoms with E-state index in [1.807, 2.05) is 18.7 Å². The van der Waals surface area contributed by atoms with Crippen LogP contribution in [0.4, 0.5) is 0 Å². The van der Waals surface area contributed by atoms with Crippen LogP contribution in [-0.2, 0) is 13.6 Å². The van der Waals surface area contributed by atoms with Crippen molar-refractivity contribution >= 4 is 11.8 Å². The number of hydrogen-bond donors (Lipinski definition) is 2. The Hall–Kier alpha value is -0.520. The number of nitrogens with one attached hydrogen (secondary N) is 1. The summed E-state index contributed by atoms with van der Waals surface area (Å²) in [4.78, 5) is 0. The molecule has 92 valence electrons. The van der Waals surface area contributed by atoms with Crippen LogP contribution < -0.4 is 5.32 Å². The molecule has 5 heteroatoms. The highest BCUT2D eigenvalue weighted by atomic mass is 32.2. The van der Waals surface area contributed by atoms with Crippen LogP contribution in [-0.4, -0.2) is 33.8 Å². The highest BCUT2D eigenvalue weighted by molar-refractivity contribution is 7.99. The van der Waals surface area contributed by atoms with E-state index in [0.717, 1.165) is 36.0 Å². The monoisotopic (exact) mass is 243 g/mol. The number of aliphatic hydroxyl groups is 1. The number of aromatic nitrogens is 2. The summed E-state index contributed by atoms with van der Waals surface area (Å²) in [5.41, 5.74) is 2.33. The molecule has 0 fully saturated rings.